The zero-order valence-electron chi connectivity index (χ0n) is 14.2. The molecule has 2 atom stereocenters. The van der Waals surface area contributed by atoms with Gasteiger partial charge in [0.15, 0.2) is 5.76 Å². The van der Waals surface area contributed by atoms with Gasteiger partial charge in [0, 0.05) is 29.3 Å². The van der Waals surface area contributed by atoms with Gasteiger partial charge in [0.05, 0.1) is 6.20 Å². The fraction of sp³-hybridized carbons (Fsp3) is 0.474. The molecule has 2 fully saturated rings. The lowest BCUT2D eigenvalue weighted by Crippen LogP contribution is -2.42. The van der Waals surface area contributed by atoms with Gasteiger partial charge in [0.2, 0.25) is 0 Å². The van der Waals surface area contributed by atoms with Crippen LogP contribution in [0.15, 0.2) is 34.9 Å². The Kier molecular flexibility index (Phi) is 4.44. The third kappa shape index (κ3) is 3.85. The van der Waals surface area contributed by atoms with Gasteiger partial charge in [-0.05, 0) is 37.8 Å². The number of rotatable bonds is 5. The van der Waals surface area contributed by atoms with E-state index in [4.69, 9.17) is 10.2 Å². The summed E-state index contributed by atoms with van der Waals surface area (Å²) < 4.78 is 5.84. The van der Waals surface area contributed by atoms with Crippen LogP contribution in [-0.2, 0) is 0 Å². The van der Waals surface area contributed by atoms with Crippen molar-refractivity contribution in [2.45, 2.75) is 56.7 Å². The summed E-state index contributed by atoms with van der Waals surface area (Å²) >= 11 is 0. The SMILES string of the molecule is N[C@@H]1CCCC[C@H]1Nc1ncc(-c2cccc(C(=O)NC3CC3)c2)o1. The van der Waals surface area contributed by atoms with Crippen molar-refractivity contribution in [2.24, 2.45) is 5.73 Å². The first-order chi connectivity index (χ1) is 12.2. The molecule has 1 amide bonds. The number of carbonyl (C=O) groups is 1. The van der Waals surface area contributed by atoms with Gasteiger partial charge in [0.1, 0.15) is 0 Å². The predicted molar refractivity (Wildman–Crippen MR) is 96.3 cm³/mol. The van der Waals surface area contributed by atoms with E-state index in [2.05, 4.69) is 15.6 Å². The number of amides is 1. The molecule has 2 aromatic rings. The molecular weight excluding hydrogens is 316 g/mol. The van der Waals surface area contributed by atoms with Crippen LogP contribution in [0.3, 0.4) is 0 Å². The third-order valence-corrected chi connectivity index (χ3v) is 4.96. The van der Waals surface area contributed by atoms with Crippen LogP contribution in [0.2, 0.25) is 0 Å². The quantitative estimate of drug-likeness (QED) is 0.778. The van der Waals surface area contributed by atoms with E-state index in [1.807, 2.05) is 24.3 Å². The van der Waals surface area contributed by atoms with Gasteiger partial charge in [-0.15, -0.1) is 0 Å². The minimum absolute atomic E-state index is 0.0320. The molecule has 1 aromatic heterocycles. The number of aromatic nitrogens is 1. The Morgan fingerprint density at radius 3 is 2.84 bits per heavy atom. The molecule has 6 heteroatoms. The molecule has 0 unspecified atom stereocenters. The van der Waals surface area contributed by atoms with Crippen LogP contribution in [0.5, 0.6) is 0 Å². The largest absolute Gasteiger partial charge is 0.424 e. The van der Waals surface area contributed by atoms with Crippen molar-refractivity contribution in [1.82, 2.24) is 10.3 Å². The minimum atomic E-state index is -0.0320. The molecule has 25 heavy (non-hydrogen) atoms. The number of nitrogens with one attached hydrogen (secondary N) is 2. The Bertz CT molecular complexity index is 753. The van der Waals surface area contributed by atoms with Crippen LogP contribution in [-0.4, -0.2) is 29.0 Å². The lowest BCUT2D eigenvalue weighted by atomic mass is 9.91. The van der Waals surface area contributed by atoms with E-state index >= 15 is 0 Å². The molecule has 0 saturated heterocycles. The molecular formula is C19H24N4O2. The predicted octanol–water partition coefficient (Wildman–Crippen LogP) is 2.92. The van der Waals surface area contributed by atoms with E-state index in [1.165, 1.54) is 12.8 Å². The number of anilines is 1. The minimum Gasteiger partial charge on any atom is -0.424 e. The van der Waals surface area contributed by atoms with Gasteiger partial charge in [-0.25, -0.2) is 4.98 Å². The average molecular weight is 340 g/mol. The summed E-state index contributed by atoms with van der Waals surface area (Å²) in [6, 6.07) is 8.62. The van der Waals surface area contributed by atoms with Crippen LogP contribution in [0, 0.1) is 0 Å². The normalized spacial score (nSPS) is 23.2. The summed E-state index contributed by atoms with van der Waals surface area (Å²) in [7, 11) is 0. The molecule has 1 heterocycles. The van der Waals surface area contributed by atoms with Crippen molar-refractivity contribution in [3.8, 4) is 11.3 Å². The fourth-order valence-corrected chi connectivity index (χ4v) is 3.28. The first-order valence-corrected chi connectivity index (χ1v) is 9.08. The molecule has 0 spiro atoms. The first kappa shape index (κ1) is 16.1. The van der Waals surface area contributed by atoms with Crippen molar-refractivity contribution in [3.05, 3.63) is 36.0 Å². The van der Waals surface area contributed by atoms with Gasteiger partial charge in [-0.2, -0.15) is 0 Å². The number of benzene rings is 1. The topological polar surface area (TPSA) is 93.2 Å². The second-order valence-corrected chi connectivity index (χ2v) is 7.06. The van der Waals surface area contributed by atoms with Gasteiger partial charge in [0.25, 0.3) is 11.9 Å². The molecule has 2 saturated carbocycles. The third-order valence-electron chi connectivity index (χ3n) is 4.96. The zero-order valence-corrected chi connectivity index (χ0v) is 14.2. The highest BCUT2D eigenvalue weighted by Gasteiger charge is 2.24. The highest BCUT2D eigenvalue weighted by molar-refractivity contribution is 5.95. The number of carbonyl (C=O) groups excluding carboxylic acids is 1. The monoisotopic (exact) mass is 340 g/mol. The van der Waals surface area contributed by atoms with E-state index < -0.39 is 0 Å². The van der Waals surface area contributed by atoms with Gasteiger partial charge < -0.3 is 20.8 Å². The van der Waals surface area contributed by atoms with E-state index in [0.29, 0.717) is 23.4 Å². The van der Waals surface area contributed by atoms with Crippen LogP contribution in [0.25, 0.3) is 11.3 Å². The van der Waals surface area contributed by atoms with Crippen LogP contribution in [0.4, 0.5) is 6.01 Å². The molecule has 0 aliphatic heterocycles. The summed E-state index contributed by atoms with van der Waals surface area (Å²) in [4.78, 5) is 16.5. The molecule has 4 N–H and O–H groups in total. The number of oxazole rings is 1. The zero-order chi connectivity index (χ0) is 17.2. The number of hydrogen-bond acceptors (Lipinski definition) is 5. The Labute approximate surface area is 147 Å². The van der Waals surface area contributed by atoms with Crippen LogP contribution in [0.1, 0.15) is 48.9 Å². The lowest BCUT2D eigenvalue weighted by molar-refractivity contribution is 0.0951. The standard InChI is InChI=1S/C19H24N4O2/c20-15-6-1-2-7-16(15)23-19-21-11-17(25-19)12-4-3-5-13(10-12)18(24)22-14-8-9-14/h3-5,10-11,14-16H,1-2,6-9,20H2,(H,21,23)(H,22,24)/t15-,16-/m1/s1. The van der Waals surface area contributed by atoms with E-state index in [-0.39, 0.29) is 18.0 Å². The second-order valence-electron chi connectivity index (χ2n) is 7.06. The van der Waals surface area contributed by atoms with E-state index in [0.717, 1.165) is 31.2 Å². The molecule has 132 valence electrons. The first-order valence-electron chi connectivity index (χ1n) is 9.08. The highest BCUT2D eigenvalue weighted by Crippen LogP contribution is 2.26. The maximum absolute atomic E-state index is 12.2. The van der Waals surface area contributed by atoms with E-state index in [9.17, 15) is 4.79 Å². The Morgan fingerprint density at radius 2 is 2.04 bits per heavy atom. The molecule has 0 radical (unpaired) electrons. The van der Waals surface area contributed by atoms with Crippen molar-refractivity contribution >= 4 is 11.9 Å². The van der Waals surface area contributed by atoms with Gasteiger partial charge in [-0.1, -0.05) is 25.0 Å². The number of nitrogens with zero attached hydrogens (tertiary/aromatic N) is 1. The van der Waals surface area contributed by atoms with Crippen molar-refractivity contribution < 1.29 is 9.21 Å². The van der Waals surface area contributed by atoms with E-state index in [1.54, 1.807) is 6.20 Å². The summed E-state index contributed by atoms with van der Waals surface area (Å²) in [6.07, 6.45) is 8.27. The van der Waals surface area contributed by atoms with Crippen molar-refractivity contribution in [1.29, 1.82) is 0 Å². The van der Waals surface area contributed by atoms with Crippen molar-refractivity contribution in [2.75, 3.05) is 5.32 Å². The Balaban J connectivity index is 1.46. The van der Waals surface area contributed by atoms with Gasteiger partial charge in [-0.3, -0.25) is 4.79 Å². The molecule has 0 bridgehead atoms. The van der Waals surface area contributed by atoms with Crippen LogP contribution < -0.4 is 16.4 Å². The van der Waals surface area contributed by atoms with Crippen LogP contribution >= 0.6 is 0 Å². The maximum atomic E-state index is 12.2. The highest BCUT2D eigenvalue weighted by atomic mass is 16.4. The maximum Gasteiger partial charge on any atom is 0.295 e. The lowest BCUT2D eigenvalue weighted by Gasteiger charge is -2.28. The number of hydrogen-bond donors (Lipinski definition) is 3. The number of nitrogens with two attached hydrogens (primary N) is 1. The van der Waals surface area contributed by atoms with Crippen molar-refractivity contribution in [3.63, 3.8) is 0 Å². The summed E-state index contributed by atoms with van der Waals surface area (Å²) in [5.74, 6) is 0.614. The molecule has 2 aliphatic rings. The molecule has 2 aliphatic carbocycles. The summed E-state index contributed by atoms with van der Waals surface area (Å²) in [5, 5.41) is 6.31. The fourth-order valence-electron chi connectivity index (χ4n) is 3.28. The smallest absolute Gasteiger partial charge is 0.295 e. The molecule has 1 aromatic carbocycles. The van der Waals surface area contributed by atoms with Gasteiger partial charge >= 0.3 is 0 Å². The summed E-state index contributed by atoms with van der Waals surface area (Å²) in [5.41, 5.74) is 7.65. The Morgan fingerprint density at radius 1 is 1.20 bits per heavy atom. The Hall–Kier alpha value is -2.34. The average Bonchev–Trinajstić information content (AvgIpc) is 3.32. The second kappa shape index (κ2) is 6.88. The summed E-state index contributed by atoms with van der Waals surface area (Å²) in [6.45, 7) is 0. The molecule has 4 rings (SSSR count). The molecule has 6 nitrogen and oxygen atoms in total.